The summed E-state index contributed by atoms with van der Waals surface area (Å²) in [6.45, 7) is 3.53. The Morgan fingerprint density at radius 2 is 2.12 bits per heavy atom. The van der Waals surface area contributed by atoms with E-state index in [9.17, 15) is 4.79 Å². The van der Waals surface area contributed by atoms with Crippen molar-refractivity contribution in [1.82, 2.24) is 15.0 Å². The average molecular weight is 366 g/mol. The lowest BCUT2D eigenvalue weighted by molar-refractivity contribution is 0.213. The number of nitrogens with one attached hydrogen (secondary N) is 2. The van der Waals surface area contributed by atoms with Crippen molar-refractivity contribution in [2.75, 3.05) is 10.6 Å². The van der Waals surface area contributed by atoms with Gasteiger partial charge in [0.25, 0.3) is 5.88 Å². The van der Waals surface area contributed by atoms with Gasteiger partial charge in [-0.15, -0.1) is 0 Å². The van der Waals surface area contributed by atoms with Crippen molar-refractivity contribution in [2.45, 2.75) is 13.8 Å². The number of thiazole rings is 1. The summed E-state index contributed by atoms with van der Waals surface area (Å²) in [5.74, 6) is 1.02. The van der Waals surface area contributed by atoms with Crippen molar-refractivity contribution in [2.24, 2.45) is 0 Å². The van der Waals surface area contributed by atoms with Gasteiger partial charge in [-0.05, 0) is 38.1 Å². The molecule has 130 valence electrons. The highest BCUT2D eigenvalue weighted by Gasteiger charge is 2.16. The summed E-state index contributed by atoms with van der Waals surface area (Å²) in [7, 11) is 0. The van der Waals surface area contributed by atoms with Gasteiger partial charge in [0.15, 0.2) is 5.00 Å². The number of carbonyl (C=O) groups is 1. The molecule has 0 atom stereocenters. The maximum atomic E-state index is 12.1. The number of hydrogen-bond acceptors (Lipinski definition) is 8. The number of hydrogen-bond donors (Lipinski definition) is 2. The maximum Gasteiger partial charge on any atom is 0.419 e. The Morgan fingerprint density at radius 1 is 1.27 bits per heavy atom. The minimum absolute atomic E-state index is 0.151. The standard InChI is InChI=1S/C17H14N6O2S/c1-10-19-7-6-14(20-10)23-17(24)25-15-16(26-11(2)21-15)22-13-5-3-4-12(8-13)9-18/h3-8,22H,1-2H3,(H,19,20,23,24). The van der Waals surface area contributed by atoms with Gasteiger partial charge in [0.05, 0.1) is 16.6 Å². The Kier molecular flexibility index (Phi) is 5.05. The molecule has 3 rings (SSSR count). The molecule has 0 aliphatic heterocycles. The largest absolute Gasteiger partial charge is 0.419 e. The minimum Gasteiger partial charge on any atom is -0.388 e. The lowest BCUT2D eigenvalue weighted by Crippen LogP contribution is -2.18. The predicted molar refractivity (Wildman–Crippen MR) is 97.7 cm³/mol. The smallest absolute Gasteiger partial charge is 0.388 e. The van der Waals surface area contributed by atoms with Gasteiger partial charge in [-0.2, -0.15) is 5.26 Å². The fourth-order valence-corrected chi connectivity index (χ4v) is 2.86. The Labute approximate surface area is 153 Å². The molecule has 1 aromatic carbocycles. The van der Waals surface area contributed by atoms with Crippen molar-refractivity contribution in [3.63, 3.8) is 0 Å². The molecule has 0 aliphatic rings. The molecule has 0 bridgehead atoms. The van der Waals surface area contributed by atoms with Crippen LogP contribution in [-0.2, 0) is 0 Å². The molecule has 0 radical (unpaired) electrons. The molecule has 0 aliphatic carbocycles. The van der Waals surface area contributed by atoms with Gasteiger partial charge in [0.2, 0.25) is 0 Å². The first kappa shape index (κ1) is 17.3. The number of ether oxygens (including phenoxy) is 1. The fraction of sp³-hybridized carbons (Fsp3) is 0.118. The second-order valence-corrected chi connectivity index (χ2v) is 6.39. The molecule has 0 spiro atoms. The van der Waals surface area contributed by atoms with Gasteiger partial charge >= 0.3 is 6.09 Å². The summed E-state index contributed by atoms with van der Waals surface area (Å²) >= 11 is 1.34. The van der Waals surface area contributed by atoms with Gasteiger partial charge in [0.1, 0.15) is 11.6 Å². The Balaban J connectivity index is 1.74. The third-order valence-corrected chi connectivity index (χ3v) is 4.02. The molecule has 0 saturated carbocycles. The van der Waals surface area contributed by atoms with Crippen LogP contribution in [0.2, 0.25) is 0 Å². The molecule has 8 nitrogen and oxygen atoms in total. The average Bonchev–Trinajstić information content (AvgIpc) is 2.93. The third kappa shape index (κ3) is 4.31. The van der Waals surface area contributed by atoms with Crippen LogP contribution in [0.5, 0.6) is 5.88 Å². The van der Waals surface area contributed by atoms with Gasteiger partial charge in [-0.25, -0.2) is 19.7 Å². The van der Waals surface area contributed by atoms with E-state index in [1.807, 2.05) is 6.07 Å². The van der Waals surface area contributed by atoms with Gasteiger partial charge < -0.3 is 10.1 Å². The van der Waals surface area contributed by atoms with Crippen LogP contribution < -0.4 is 15.4 Å². The topological polar surface area (TPSA) is 113 Å². The van der Waals surface area contributed by atoms with E-state index in [1.165, 1.54) is 11.3 Å². The molecule has 0 fully saturated rings. The SMILES string of the molecule is Cc1nccc(NC(=O)Oc2nc(C)sc2Nc2cccc(C#N)c2)n1. The fourth-order valence-electron chi connectivity index (χ4n) is 2.10. The van der Waals surface area contributed by atoms with E-state index < -0.39 is 6.09 Å². The van der Waals surface area contributed by atoms with E-state index in [4.69, 9.17) is 10.00 Å². The molecule has 0 unspecified atom stereocenters. The van der Waals surface area contributed by atoms with E-state index in [0.29, 0.717) is 27.9 Å². The number of aryl methyl sites for hydroxylation is 2. The van der Waals surface area contributed by atoms with Crippen molar-refractivity contribution in [3.05, 3.63) is 52.9 Å². The van der Waals surface area contributed by atoms with Gasteiger partial charge in [-0.1, -0.05) is 17.4 Å². The highest BCUT2D eigenvalue weighted by molar-refractivity contribution is 7.16. The van der Waals surface area contributed by atoms with Gasteiger partial charge in [0, 0.05) is 11.9 Å². The predicted octanol–water partition coefficient (Wildman–Crippen LogP) is 3.78. The normalized spacial score (nSPS) is 10.0. The zero-order chi connectivity index (χ0) is 18.5. The summed E-state index contributed by atoms with van der Waals surface area (Å²) in [5.41, 5.74) is 1.22. The lowest BCUT2D eigenvalue weighted by atomic mass is 10.2. The second kappa shape index (κ2) is 7.58. The Morgan fingerprint density at radius 3 is 2.88 bits per heavy atom. The molecule has 2 aromatic heterocycles. The van der Waals surface area contributed by atoms with E-state index in [1.54, 1.807) is 44.3 Å². The van der Waals surface area contributed by atoms with Crippen LogP contribution in [0, 0.1) is 25.2 Å². The van der Waals surface area contributed by atoms with E-state index in [0.717, 1.165) is 5.01 Å². The van der Waals surface area contributed by atoms with Crippen molar-refractivity contribution in [1.29, 1.82) is 5.26 Å². The molecule has 1 amide bonds. The molecule has 9 heteroatoms. The maximum absolute atomic E-state index is 12.1. The molecular weight excluding hydrogens is 352 g/mol. The summed E-state index contributed by atoms with van der Waals surface area (Å²) < 4.78 is 5.30. The second-order valence-electron chi connectivity index (χ2n) is 5.19. The third-order valence-electron chi connectivity index (χ3n) is 3.15. The van der Waals surface area contributed by atoms with Crippen molar-refractivity contribution < 1.29 is 9.53 Å². The van der Waals surface area contributed by atoms with E-state index in [-0.39, 0.29) is 5.88 Å². The number of aromatic nitrogens is 3. The van der Waals surface area contributed by atoms with Gasteiger partial charge in [-0.3, -0.25) is 5.32 Å². The lowest BCUT2D eigenvalue weighted by Gasteiger charge is -2.08. The monoisotopic (exact) mass is 366 g/mol. The number of anilines is 3. The highest BCUT2D eigenvalue weighted by Crippen LogP contribution is 2.34. The van der Waals surface area contributed by atoms with Crippen molar-refractivity contribution in [3.8, 4) is 11.9 Å². The molecule has 2 heterocycles. The van der Waals surface area contributed by atoms with E-state index >= 15 is 0 Å². The quantitative estimate of drug-likeness (QED) is 0.722. The van der Waals surface area contributed by atoms with E-state index in [2.05, 4.69) is 31.7 Å². The number of rotatable bonds is 4. The summed E-state index contributed by atoms with van der Waals surface area (Å²) in [6.07, 6.45) is 0.835. The van der Waals surface area contributed by atoms with Crippen LogP contribution in [0.25, 0.3) is 0 Å². The van der Waals surface area contributed by atoms with Crippen LogP contribution in [-0.4, -0.2) is 21.0 Å². The number of nitrogens with zero attached hydrogens (tertiary/aromatic N) is 4. The molecule has 26 heavy (non-hydrogen) atoms. The van der Waals surface area contributed by atoms with Crippen LogP contribution >= 0.6 is 11.3 Å². The van der Waals surface area contributed by atoms with Crippen LogP contribution in [0.1, 0.15) is 16.4 Å². The summed E-state index contributed by atoms with van der Waals surface area (Å²) in [5, 5.41) is 15.9. The highest BCUT2D eigenvalue weighted by atomic mass is 32.1. The van der Waals surface area contributed by atoms with Crippen LogP contribution in [0.4, 0.5) is 21.3 Å². The molecule has 3 aromatic rings. The first-order valence-electron chi connectivity index (χ1n) is 7.56. The van der Waals surface area contributed by atoms with Crippen molar-refractivity contribution >= 4 is 33.9 Å². The first-order valence-corrected chi connectivity index (χ1v) is 8.38. The summed E-state index contributed by atoms with van der Waals surface area (Å²) in [6, 6.07) is 10.6. The zero-order valence-electron chi connectivity index (χ0n) is 14.0. The molecular formula is C17H14N6O2S. The zero-order valence-corrected chi connectivity index (χ0v) is 14.8. The minimum atomic E-state index is -0.706. The Hall–Kier alpha value is -3.51. The summed E-state index contributed by atoms with van der Waals surface area (Å²) in [4.78, 5) is 24.4. The first-order chi connectivity index (χ1) is 12.5. The number of nitriles is 1. The van der Waals surface area contributed by atoms with Crippen LogP contribution in [0.15, 0.2) is 36.5 Å². The number of amides is 1. The number of carbonyl (C=O) groups excluding carboxylic acids is 1. The van der Waals surface area contributed by atoms with Crippen LogP contribution in [0.3, 0.4) is 0 Å². The Bertz CT molecular complexity index is 995. The molecule has 0 saturated heterocycles. The number of benzene rings is 1. The molecule has 2 N–H and O–H groups in total.